The lowest BCUT2D eigenvalue weighted by Gasteiger charge is -2.35. The maximum Gasteiger partial charge on any atom is 0.457 e. The summed E-state index contributed by atoms with van der Waals surface area (Å²) >= 11 is 11.3. The van der Waals surface area contributed by atoms with Crippen molar-refractivity contribution in [2.45, 2.75) is 17.8 Å². The van der Waals surface area contributed by atoms with E-state index in [-0.39, 0.29) is 21.4 Å². The maximum atomic E-state index is 15.5. The molecule has 2 nitrogen and oxygen atoms in total. The lowest BCUT2D eigenvalue weighted by molar-refractivity contribution is -0.323. The molecule has 0 aliphatic carbocycles. The minimum atomic E-state index is -6.19. The molecule has 0 bridgehead atoms. The first-order valence-corrected chi connectivity index (χ1v) is 7.32. The molecular weight excluding hydrogens is 393 g/mol. The Hall–Kier alpha value is -1.80. The van der Waals surface area contributed by atoms with Gasteiger partial charge in [-0.15, -0.1) is 0 Å². The summed E-state index contributed by atoms with van der Waals surface area (Å²) in [7, 11) is 0. The molecule has 0 saturated carbocycles. The number of nitrogen functional groups attached to an aromatic ring is 2. The van der Waals surface area contributed by atoms with Gasteiger partial charge in [-0.2, -0.15) is 22.0 Å². The summed E-state index contributed by atoms with van der Waals surface area (Å²) < 4.78 is 82.7. The van der Waals surface area contributed by atoms with Crippen LogP contribution in [0.4, 0.5) is 37.7 Å². The van der Waals surface area contributed by atoms with E-state index in [2.05, 4.69) is 0 Å². The Kier molecular flexibility index (Phi) is 4.82. The Morgan fingerprint density at radius 3 is 1.32 bits per heavy atom. The van der Waals surface area contributed by atoms with E-state index < -0.39 is 28.9 Å². The third kappa shape index (κ3) is 3.08. The number of hydrogen-bond donors (Lipinski definition) is 2. The molecule has 0 spiro atoms. The quantitative estimate of drug-likeness (QED) is 0.520. The van der Waals surface area contributed by atoms with E-state index >= 15 is 4.39 Å². The number of hydrogen-bond acceptors (Lipinski definition) is 2. The van der Waals surface area contributed by atoms with Crippen molar-refractivity contribution in [3.05, 3.63) is 57.6 Å². The van der Waals surface area contributed by atoms with E-state index in [0.717, 1.165) is 12.1 Å². The van der Waals surface area contributed by atoms with Crippen LogP contribution < -0.4 is 11.5 Å². The Morgan fingerprint density at radius 1 is 0.680 bits per heavy atom. The molecule has 0 aliphatic heterocycles. The fourth-order valence-electron chi connectivity index (χ4n) is 2.21. The summed E-state index contributed by atoms with van der Waals surface area (Å²) in [6.07, 6.45) is -6.19. The number of anilines is 2. The van der Waals surface area contributed by atoms with E-state index in [1.165, 1.54) is 0 Å². The molecule has 0 aliphatic rings. The first-order valence-electron chi connectivity index (χ1n) is 6.57. The van der Waals surface area contributed by atoms with Crippen molar-refractivity contribution in [3.63, 3.8) is 0 Å². The van der Waals surface area contributed by atoms with Crippen LogP contribution in [0.15, 0.2) is 36.4 Å². The first kappa shape index (κ1) is 19.5. The van der Waals surface area contributed by atoms with E-state index in [1.54, 1.807) is 0 Å². The average Bonchev–Trinajstić information content (AvgIpc) is 2.50. The summed E-state index contributed by atoms with van der Waals surface area (Å²) in [6, 6.07) is 4.48. The van der Waals surface area contributed by atoms with Gasteiger partial charge in [0.1, 0.15) is 0 Å². The van der Waals surface area contributed by atoms with Gasteiger partial charge < -0.3 is 11.5 Å². The highest BCUT2D eigenvalue weighted by Crippen LogP contribution is 2.55. The summed E-state index contributed by atoms with van der Waals surface area (Å²) in [5.41, 5.74) is 4.22. The highest BCUT2D eigenvalue weighted by atomic mass is 35.5. The fraction of sp³-hybridized carbons (Fsp3) is 0.200. The van der Waals surface area contributed by atoms with Crippen LogP contribution in [0.1, 0.15) is 11.1 Å². The van der Waals surface area contributed by atoms with Gasteiger partial charge in [-0.3, -0.25) is 0 Å². The van der Waals surface area contributed by atoms with Gasteiger partial charge in [0.15, 0.2) is 0 Å². The molecule has 0 heterocycles. The zero-order valence-electron chi connectivity index (χ0n) is 12.1. The predicted molar refractivity (Wildman–Crippen MR) is 84.6 cm³/mol. The highest BCUT2D eigenvalue weighted by Gasteiger charge is 2.72. The van der Waals surface area contributed by atoms with Crippen LogP contribution in [0.2, 0.25) is 10.0 Å². The maximum absolute atomic E-state index is 15.5. The molecule has 0 atom stereocenters. The third-order valence-corrected chi connectivity index (χ3v) is 4.24. The van der Waals surface area contributed by atoms with Crippen molar-refractivity contribution in [1.82, 2.24) is 0 Å². The standard InChI is InChI=1S/C15H10Cl2F6N2/c16-9-5-7(1-3-11(9)24)13(18,14(19,20)15(21,22)23)8-2-4-12(25)10(17)6-8/h1-6H,24-25H2. The van der Waals surface area contributed by atoms with Crippen LogP contribution in [-0.2, 0) is 5.67 Å². The predicted octanol–water partition coefficient (Wildman–Crippen LogP) is 5.57. The van der Waals surface area contributed by atoms with Gasteiger partial charge in [0, 0.05) is 11.1 Å². The highest BCUT2D eigenvalue weighted by molar-refractivity contribution is 6.33. The van der Waals surface area contributed by atoms with Crippen LogP contribution in [0.3, 0.4) is 0 Å². The molecule has 2 aromatic carbocycles. The van der Waals surface area contributed by atoms with Crippen LogP contribution in [0.5, 0.6) is 0 Å². The average molecular weight is 403 g/mol. The number of rotatable bonds is 3. The minimum Gasteiger partial charge on any atom is -0.398 e. The Balaban J connectivity index is 2.83. The lowest BCUT2D eigenvalue weighted by Crippen LogP contribution is -2.53. The molecule has 10 heteroatoms. The number of benzene rings is 2. The van der Waals surface area contributed by atoms with Gasteiger partial charge in [0.25, 0.3) is 0 Å². The minimum absolute atomic E-state index is 0.113. The SMILES string of the molecule is Nc1ccc(C(F)(c2ccc(N)c(Cl)c2)C(F)(F)C(F)(F)F)cc1Cl. The van der Waals surface area contributed by atoms with Crippen LogP contribution >= 0.6 is 23.2 Å². The van der Waals surface area contributed by atoms with E-state index in [4.69, 9.17) is 34.7 Å². The molecule has 136 valence electrons. The van der Waals surface area contributed by atoms with E-state index in [0.29, 0.717) is 24.3 Å². The first-order chi connectivity index (χ1) is 11.3. The van der Waals surface area contributed by atoms with Crippen molar-refractivity contribution >= 4 is 34.6 Å². The van der Waals surface area contributed by atoms with Crippen molar-refractivity contribution in [2.24, 2.45) is 0 Å². The summed E-state index contributed by atoms with van der Waals surface area (Å²) in [5, 5.41) is -0.752. The molecule has 0 fully saturated rings. The fourth-order valence-corrected chi connectivity index (χ4v) is 2.57. The van der Waals surface area contributed by atoms with E-state index in [9.17, 15) is 22.0 Å². The molecule has 0 amide bonds. The van der Waals surface area contributed by atoms with Crippen LogP contribution in [0, 0.1) is 0 Å². The molecule has 0 radical (unpaired) electrons. The van der Waals surface area contributed by atoms with Crippen molar-refractivity contribution in [2.75, 3.05) is 11.5 Å². The Bertz CT molecular complexity index is 756. The molecule has 0 unspecified atom stereocenters. The second-order valence-corrected chi connectivity index (χ2v) is 6.02. The smallest absolute Gasteiger partial charge is 0.398 e. The van der Waals surface area contributed by atoms with Gasteiger partial charge in [0.05, 0.1) is 21.4 Å². The lowest BCUT2D eigenvalue weighted by atomic mass is 9.82. The molecule has 2 rings (SSSR count). The summed E-state index contributed by atoms with van der Waals surface area (Å²) in [4.78, 5) is 0. The van der Waals surface area contributed by atoms with Gasteiger partial charge >= 0.3 is 12.1 Å². The van der Waals surface area contributed by atoms with Crippen LogP contribution in [-0.4, -0.2) is 12.1 Å². The number of halogens is 8. The molecule has 25 heavy (non-hydrogen) atoms. The monoisotopic (exact) mass is 402 g/mol. The topological polar surface area (TPSA) is 52.0 Å². The number of alkyl halides is 6. The van der Waals surface area contributed by atoms with Crippen LogP contribution in [0.25, 0.3) is 0 Å². The second kappa shape index (κ2) is 6.17. The Labute approximate surface area is 148 Å². The van der Waals surface area contributed by atoms with Gasteiger partial charge in [-0.1, -0.05) is 35.3 Å². The van der Waals surface area contributed by atoms with Crippen molar-refractivity contribution in [3.8, 4) is 0 Å². The number of nitrogens with two attached hydrogens (primary N) is 2. The normalized spacial score (nSPS) is 13.1. The van der Waals surface area contributed by atoms with Crippen molar-refractivity contribution < 1.29 is 26.3 Å². The van der Waals surface area contributed by atoms with Gasteiger partial charge in [-0.05, 0) is 24.3 Å². The van der Waals surface area contributed by atoms with E-state index in [1.807, 2.05) is 0 Å². The zero-order chi connectivity index (χ0) is 19.2. The third-order valence-electron chi connectivity index (χ3n) is 3.59. The molecule has 4 N–H and O–H groups in total. The largest absolute Gasteiger partial charge is 0.457 e. The molecule has 2 aromatic rings. The van der Waals surface area contributed by atoms with Crippen molar-refractivity contribution in [1.29, 1.82) is 0 Å². The summed E-state index contributed by atoms with van der Waals surface area (Å²) in [5.74, 6) is -5.79. The molecular formula is C15H10Cl2F6N2. The zero-order valence-corrected chi connectivity index (χ0v) is 13.7. The molecule has 0 saturated heterocycles. The molecule has 0 aromatic heterocycles. The Morgan fingerprint density at radius 2 is 1.04 bits per heavy atom. The second-order valence-electron chi connectivity index (χ2n) is 5.20. The van der Waals surface area contributed by atoms with Gasteiger partial charge in [0.2, 0.25) is 5.67 Å². The summed E-state index contributed by atoms with van der Waals surface area (Å²) in [6.45, 7) is 0. The van der Waals surface area contributed by atoms with Gasteiger partial charge in [-0.25, -0.2) is 4.39 Å².